The molecule has 0 radical (unpaired) electrons. The summed E-state index contributed by atoms with van der Waals surface area (Å²) < 4.78 is 19.0. The highest BCUT2D eigenvalue weighted by atomic mass is 19.1. The van der Waals surface area contributed by atoms with Gasteiger partial charge in [-0.05, 0) is 44.5 Å². The Morgan fingerprint density at radius 3 is 2.85 bits per heavy atom. The third kappa shape index (κ3) is 6.16. The van der Waals surface area contributed by atoms with Gasteiger partial charge in [-0.1, -0.05) is 19.9 Å². The van der Waals surface area contributed by atoms with E-state index in [1.165, 1.54) is 18.6 Å². The maximum Gasteiger partial charge on any atom is 0.193 e. The van der Waals surface area contributed by atoms with E-state index in [4.69, 9.17) is 4.74 Å². The molecule has 1 heterocycles. The minimum atomic E-state index is -0.283. The minimum Gasteiger partial charge on any atom is -0.489 e. The zero-order valence-corrected chi connectivity index (χ0v) is 16.5. The number of benzene rings is 1. The van der Waals surface area contributed by atoms with Gasteiger partial charge in [0.15, 0.2) is 5.96 Å². The van der Waals surface area contributed by atoms with Crippen molar-refractivity contribution in [3.05, 3.63) is 30.1 Å². The number of likely N-dealkylation sites (tertiary alicyclic amines) is 1. The van der Waals surface area contributed by atoms with Gasteiger partial charge in [0.2, 0.25) is 0 Å². The summed E-state index contributed by atoms with van der Waals surface area (Å²) in [7, 11) is 1.82. The van der Waals surface area contributed by atoms with Crippen LogP contribution in [-0.4, -0.2) is 68.2 Å². The maximum absolute atomic E-state index is 13.2. The number of halogens is 1. The summed E-state index contributed by atoms with van der Waals surface area (Å²) >= 11 is 0. The molecule has 0 aliphatic carbocycles. The van der Waals surface area contributed by atoms with Crippen molar-refractivity contribution < 1.29 is 9.13 Å². The van der Waals surface area contributed by atoms with Crippen LogP contribution < -0.4 is 10.1 Å². The molecule has 146 valence electrons. The Morgan fingerprint density at radius 2 is 2.19 bits per heavy atom. The fourth-order valence-electron chi connectivity index (χ4n) is 3.40. The number of aliphatic imine (C=N–C) groups is 1. The number of nitrogens with zero attached hydrogens (tertiary/aromatic N) is 3. The minimum absolute atomic E-state index is 0.0809. The third-order valence-corrected chi connectivity index (χ3v) is 4.89. The first-order valence-electron chi connectivity index (χ1n) is 9.65. The molecule has 1 fully saturated rings. The summed E-state index contributed by atoms with van der Waals surface area (Å²) in [6.07, 6.45) is 1.12. The fraction of sp³-hybridized carbons (Fsp3) is 0.650. The van der Waals surface area contributed by atoms with E-state index in [-0.39, 0.29) is 11.9 Å². The molecule has 1 aliphatic heterocycles. The molecule has 0 amide bonds. The lowest BCUT2D eigenvalue weighted by Crippen LogP contribution is -2.44. The Hall–Kier alpha value is -1.82. The van der Waals surface area contributed by atoms with Crippen molar-refractivity contribution in [2.75, 3.05) is 46.3 Å². The van der Waals surface area contributed by atoms with Crippen LogP contribution in [0.25, 0.3) is 0 Å². The van der Waals surface area contributed by atoms with Gasteiger partial charge < -0.3 is 19.9 Å². The highest BCUT2D eigenvalue weighted by Crippen LogP contribution is 2.18. The van der Waals surface area contributed by atoms with Gasteiger partial charge in [0, 0.05) is 32.7 Å². The van der Waals surface area contributed by atoms with Crippen molar-refractivity contribution >= 4 is 5.96 Å². The van der Waals surface area contributed by atoms with Gasteiger partial charge in [-0.15, -0.1) is 0 Å². The highest BCUT2D eigenvalue weighted by Gasteiger charge is 2.26. The predicted octanol–water partition coefficient (Wildman–Crippen LogP) is 2.83. The van der Waals surface area contributed by atoms with Gasteiger partial charge >= 0.3 is 0 Å². The summed E-state index contributed by atoms with van der Waals surface area (Å²) in [5.41, 5.74) is 0. The average molecular weight is 365 g/mol. The standard InChI is InChI=1S/C20H33FN4O/c1-5-24(6-2)14-17-10-11-25(15-17)20(22-4)23-13-16(3)26-19-9-7-8-18(21)12-19/h7-9,12,16-17H,5-6,10-11,13-15H2,1-4H3,(H,22,23). The van der Waals surface area contributed by atoms with Crippen LogP contribution in [0.2, 0.25) is 0 Å². The van der Waals surface area contributed by atoms with Crippen molar-refractivity contribution in [3.8, 4) is 5.75 Å². The molecule has 2 atom stereocenters. The lowest BCUT2D eigenvalue weighted by Gasteiger charge is -2.25. The van der Waals surface area contributed by atoms with Crippen molar-refractivity contribution in [2.24, 2.45) is 10.9 Å². The van der Waals surface area contributed by atoms with Crippen LogP contribution in [-0.2, 0) is 0 Å². The molecule has 1 saturated heterocycles. The Balaban J connectivity index is 1.78. The van der Waals surface area contributed by atoms with E-state index in [0.717, 1.165) is 38.7 Å². The largest absolute Gasteiger partial charge is 0.489 e. The monoisotopic (exact) mass is 364 g/mol. The van der Waals surface area contributed by atoms with Gasteiger partial charge in [-0.25, -0.2) is 4.39 Å². The number of rotatable bonds is 8. The number of hydrogen-bond acceptors (Lipinski definition) is 3. The second-order valence-electron chi connectivity index (χ2n) is 6.90. The van der Waals surface area contributed by atoms with E-state index in [2.05, 4.69) is 34.0 Å². The number of hydrogen-bond donors (Lipinski definition) is 1. The molecule has 2 unspecified atom stereocenters. The van der Waals surface area contributed by atoms with E-state index >= 15 is 0 Å². The van der Waals surface area contributed by atoms with E-state index in [1.807, 2.05) is 14.0 Å². The van der Waals surface area contributed by atoms with Crippen LogP contribution in [0.4, 0.5) is 4.39 Å². The summed E-state index contributed by atoms with van der Waals surface area (Å²) in [6.45, 7) is 12.5. The van der Waals surface area contributed by atoms with E-state index < -0.39 is 0 Å². The van der Waals surface area contributed by atoms with Crippen LogP contribution in [0.1, 0.15) is 27.2 Å². The second-order valence-corrected chi connectivity index (χ2v) is 6.90. The van der Waals surface area contributed by atoms with E-state index in [0.29, 0.717) is 18.2 Å². The molecule has 1 aromatic carbocycles. The fourth-order valence-corrected chi connectivity index (χ4v) is 3.40. The zero-order valence-electron chi connectivity index (χ0n) is 16.5. The molecule has 1 N–H and O–H groups in total. The van der Waals surface area contributed by atoms with E-state index in [1.54, 1.807) is 12.1 Å². The highest BCUT2D eigenvalue weighted by molar-refractivity contribution is 5.80. The van der Waals surface area contributed by atoms with Crippen LogP contribution in [0, 0.1) is 11.7 Å². The molecule has 0 aromatic heterocycles. The van der Waals surface area contributed by atoms with Gasteiger partial charge in [0.1, 0.15) is 17.7 Å². The van der Waals surface area contributed by atoms with Crippen molar-refractivity contribution in [1.82, 2.24) is 15.1 Å². The van der Waals surface area contributed by atoms with Crippen LogP contribution in [0.15, 0.2) is 29.3 Å². The molecule has 0 bridgehead atoms. The molecule has 26 heavy (non-hydrogen) atoms. The topological polar surface area (TPSA) is 40.1 Å². The van der Waals surface area contributed by atoms with Crippen molar-refractivity contribution in [2.45, 2.75) is 33.3 Å². The lowest BCUT2D eigenvalue weighted by atomic mass is 10.1. The van der Waals surface area contributed by atoms with Gasteiger partial charge in [-0.3, -0.25) is 4.99 Å². The predicted molar refractivity (Wildman–Crippen MR) is 105 cm³/mol. The summed E-state index contributed by atoms with van der Waals surface area (Å²) in [5.74, 6) is 1.88. The Bertz CT molecular complexity index is 577. The molecule has 1 aromatic rings. The molecule has 2 rings (SSSR count). The SMILES string of the molecule is CCN(CC)CC1CCN(C(=NC)NCC(C)Oc2cccc(F)c2)C1. The van der Waals surface area contributed by atoms with E-state index in [9.17, 15) is 4.39 Å². The quantitative estimate of drug-likeness (QED) is 0.569. The smallest absolute Gasteiger partial charge is 0.193 e. The average Bonchev–Trinajstić information content (AvgIpc) is 3.08. The molecule has 0 saturated carbocycles. The molecule has 5 nitrogen and oxygen atoms in total. The van der Waals surface area contributed by atoms with Crippen LogP contribution >= 0.6 is 0 Å². The molecule has 6 heteroatoms. The number of nitrogens with one attached hydrogen (secondary N) is 1. The maximum atomic E-state index is 13.2. The van der Waals surface area contributed by atoms with Gasteiger partial charge in [0.25, 0.3) is 0 Å². The summed E-state index contributed by atoms with van der Waals surface area (Å²) in [6, 6.07) is 6.25. The Labute approximate surface area is 157 Å². The summed E-state index contributed by atoms with van der Waals surface area (Å²) in [4.78, 5) is 9.23. The van der Waals surface area contributed by atoms with Gasteiger partial charge in [0.05, 0.1) is 6.54 Å². The second kappa shape index (κ2) is 10.4. The molecule has 0 spiro atoms. The molecular weight excluding hydrogens is 331 g/mol. The van der Waals surface area contributed by atoms with Crippen LogP contribution in [0.3, 0.4) is 0 Å². The first kappa shape index (κ1) is 20.5. The van der Waals surface area contributed by atoms with Gasteiger partial charge in [-0.2, -0.15) is 0 Å². The number of guanidine groups is 1. The lowest BCUT2D eigenvalue weighted by molar-refractivity contribution is 0.221. The normalized spacial score (nSPS) is 19.1. The zero-order chi connectivity index (χ0) is 18.9. The Morgan fingerprint density at radius 1 is 1.42 bits per heavy atom. The molecular formula is C20H33FN4O. The third-order valence-electron chi connectivity index (χ3n) is 4.89. The van der Waals surface area contributed by atoms with Crippen molar-refractivity contribution in [3.63, 3.8) is 0 Å². The number of ether oxygens (including phenoxy) is 1. The first-order chi connectivity index (χ1) is 12.5. The Kier molecular flexibility index (Phi) is 8.16. The first-order valence-corrected chi connectivity index (χ1v) is 9.65. The van der Waals surface area contributed by atoms with Crippen LogP contribution in [0.5, 0.6) is 5.75 Å². The molecule has 1 aliphatic rings. The summed E-state index contributed by atoms with van der Waals surface area (Å²) in [5, 5.41) is 3.39. The van der Waals surface area contributed by atoms with Crippen molar-refractivity contribution in [1.29, 1.82) is 0 Å².